The van der Waals surface area contributed by atoms with E-state index in [2.05, 4.69) is 46.8 Å². The number of hydrogen-bond acceptors (Lipinski definition) is 4. The standard InChI is InChI=1S/C29H46O4/c1-19(2)8-7-9-20(3)26-16-17-29(32)28-15-12-24(31)18-25(33-23(6)30)13-10-22(5)27(28)14-11-21(26)4/h10-11,19-20,25-28H,7-9,12-18H2,1-6H3/b21-11-,22-10+/t20-,25+,26-,27-,28-/m1/s1. The highest BCUT2D eigenvalue weighted by molar-refractivity contribution is 5.84. The monoisotopic (exact) mass is 458 g/mol. The molecule has 0 unspecified atom stereocenters. The first-order valence-corrected chi connectivity index (χ1v) is 13.1. The maximum absolute atomic E-state index is 13.4. The van der Waals surface area contributed by atoms with E-state index in [4.69, 9.17) is 4.74 Å². The van der Waals surface area contributed by atoms with E-state index in [1.54, 1.807) is 0 Å². The van der Waals surface area contributed by atoms with Gasteiger partial charge >= 0.3 is 5.97 Å². The zero-order valence-corrected chi connectivity index (χ0v) is 21.8. The summed E-state index contributed by atoms with van der Waals surface area (Å²) in [6, 6.07) is 0. The molecular formula is C29H46O4. The van der Waals surface area contributed by atoms with Gasteiger partial charge in [0.2, 0.25) is 0 Å². The number of Topliss-reactive ketones (excluding diaryl/α,β-unsaturated/α-hetero) is 2. The van der Waals surface area contributed by atoms with Gasteiger partial charge in [-0.1, -0.05) is 63.3 Å². The second-order valence-corrected chi connectivity index (χ2v) is 11.0. The molecule has 5 atom stereocenters. The van der Waals surface area contributed by atoms with Crippen molar-refractivity contribution in [2.45, 2.75) is 112 Å². The SMILES string of the molecule is CC(=O)O[C@H]1C/C=C(\C)[C@H]2C/C=C(/C)[C@@H]([C@H](C)CCCC(C)C)CCC(=O)[C@@H]2CCC(=O)C1. The van der Waals surface area contributed by atoms with Crippen LogP contribution in [0.3, 0.4) is 0 Å². The lowest BCUT2D eigenvalue weighted by molar-refractivity contribution is -0.147. The van der Waals surface area contributed by atoms with Gasteiger partial charge in [-0.15, -0.1) is 0 Å². The molecule has 0 aromatic rings. The van der Waals surface area contributed by atoms with Crippen LogP contribution in [0.25, 0.3) is 0 Å². The largest absolute Gasteiger partial charge is 0.462 e. The molecule has 0 bridgehead atoms. The molecule has 0 heterocycles. The lowest BCUT2D eigenvalue weighted by atomic mass is 9.76. The molecule has 2 rings (SSSR count). The Labute approximate surface area is 201 Å². The van der Waals surface area contributed by atoms with Gasteiger partial charge in [-0.05, 0) is 56.8 Å². The second kappa shape index (κ2) is 13.2. The summed E-state index contributed by atoms with van der Waals surface area (Å²) in [4.78, 5) is 37.5. The van der Waals surface area contributed by atoms with Crippen LogP contribution in [0.2, 0.25) is 0 Å². The molecular weight excluding hydrogens is 412 g/mol. The number of rotatable bonds is 6. The van der Waals surface area contributed by atoms with Gasteiger partial charge in [0.25, 0.3) is 0 Å². The topological polar surface area (TPSA) is 60.4 Å². The van der Waals surface area contributed by atoms with E-state index in [0.717, 1.165) is 18.8 Å². The number of carbonyl (C=O) groups excluding carboxylic acids is 3. The fourth-order valence-electron chi connectivity index (χ4n) is 5.76. The lowest BCUT2D eigenvalue weighted by Crippen LogP contribution is -2.28. The van der Waals surface area contributed by atoms with Crippen molar-refractivity contribution in [3.05, 3.63) is 23.3 Å². The number of carbonyl (C=O) groups is 3. The fourth-order valence-corrected chi connectivity index (χ4v) is 5.76. The summed E-state index contributed by atoms with van der Waals surface area (Å²) < 4.78 is 5.38. The summed E-state index contributed by atoms with van der Waals surface area (Å²) in [6.45, 7) is 12.6. The Morgan fingerprint density at radius 1 is 0.970 bits per heavy atom. The number of ether oxygens (including phenoxy) is 1. The van der Waals surface area contributed by atoms with Gasteiger partial charge in [-0.25, -0.2) is 0 Å². The number of fused-ring (bicyclic) bond motifs is 1. The Morgan fingerprint density at radius 3 is 2.33 bits per heavy atom. The molecule has 33 heavy (non-hydrogen) atoms. The molecule has 0 amide bonds. The van der Waals surface area contributed by atoms with Crippen LogP contribution in [0.1, 0.15) is 106 Å². The van der Waals surface area contributed by atoms with Crippen molar-refractivity contribution in [3.63, 3.8) is 0 Å². The first-order chi connectivity index (χ1) is 15.6. The Balaban J connectivity index is 2.23. The van der Waals surface area contributed by atoms with Crippen LogP contribution in [0.15, 0.2) is 23.3 Å². The van der Waals surface area contributed by atoms with Crippen molar-refractivity contribution in [2.75, 3.05) is 0 Å². The van der Waals surface area contributed by atoms with Crippen LogP contribution >= 0.6 is 0 Å². The van der Waals surface area contributed by atoms with Crippen LogP contribution in [0.4, 0.5) is 0 Å². The van der Waals surface area contributed by atoms with Crippen LogP contribution in [0.5, 0.6) is 0 Å². The predicted octanol–water partition coefficient (Wildman–Crippen LogP) is 7.02. The molecule has 0 radical (unpaired) electrons. The van der Waals surface area contributed by atoms with Crippen molar-refractivity contribution in [3.8, 4) is 0 Å². The third-order valence-electron chi connectivity index (χ3n) is 7.82. The van der Waals surface area contributed by atoms with Gasteiger partial charge in [-0.3, -0.25) is 14.4 Å². The highest BCUT2D eigenvalue weighted by Crippen LogP contribution is 2.38. The average molecular weight is 459 g/mol. The van der Waals surface area contributed by atoms with Gasteiger partial charge in [0.05, 0.1) is 0 Å². The zero-order chi connectivity index (χ0) is 24.5. The quantitative estimate of drug-likeness (QED) is 0.317. The Kier molecular flexibility index (Phi) is 11.1. The van der Waals surface area contributed by atoms with E-state index < -0.39 is 6.10 Å². The van der Waals surface area contributed by atoms with Crippen LogP contribution in [0, 0.1) is 29.6 Å². The minimum Gasteiger partial charge on any atom is -0.462 e. The van der Waals surface area contributed by atoms with Crippen molar-refractivity contribution < 1.29 is 19.1 Å². The van der Waals surface area contributed by atoms with E-state index in [-0.39, 0.29) is 30.0 Å². The molecule has 0 saturated carbocycles. The molecule has 2 aliphatic carbocycles. The Bertz CT molecular complexity index is 745. The normalized spacial score (nSPS) is 31.7. The third kappa shape index (κ3) is 8.87. The lowest BCUT2D eigenvalue weighted by Gasteiger charge is -2.28. The summed E-state index contributed by atoms with van der Waals surface area (Å²) in [5.74, 6) is 1.84. The molecule has 0 N–H and O–H groups in total. The molecule has 186 valence electrons. The van der Waals surface area contributed by atoms with Crippen LogP contribution in [-0.4, -0.2) is 23.6 Å². The average Bonchev–Trinajstić information content (AvgIpc) is 2.78. The van der Waals surface area contributed by atoms with E-state index >= 15 is 0 Å². The molecule has 4 heteroatoms. The van der Waals surface area contributed by atoms with Gasteiger partial charge in [-0.2, -0.15) is 0 Å². The van der Waals surface area contributed by atoms with E-state index in [0.29, 0.717) is 43.3 Å². The van der Waals surface area contributed by atoms with Gasteiger partial charge in [0.15, 0.2) is 0 Å². The highest BCUT2D eigenvalue weighted by atomic mass is 16.5. The minimum atomic E-state index is -0.401. The van der Waals surface area contributed by atoms with Gasteiger partial charge in [0, 0.05) is 38.5 Å². The molecule has 2 aliphatic rings. The van der Waals surface area contributed by atoms with Crippen molar-refractivity contribution in [1.29, 1.82) is 0 Å². The molecule has 0 fully saturated rings. The highest BCUT2D eigenvalue weighted by Gasteiger charge is 2.33. The Hall–Kier alpha value is -1.71. The molecule has 0 aliphatic heterocycles. The zero-order valence-electron chi connectivity index (χ0n) is 21.8. The van der Waals surface area contributed by atoms with Crippen LogP contribution < -0.4 is 0 Å². The number of hydrogen-bond donors (Lipinski definition) is 0. The molecule has 0 aromatic carbocycles. The first kappa shape index (κ1) is 27.5. The van der Waals surface area contributed by atoms with Crippen molar-refractivity contribution >= 4 is 17.5 Å². The van der Waals surface area contributed by atoms with E-state index in [1.165, 1.54) is 37.3 Å². The van der Waals surface area contributed by atoms with Crippen molar-refractivity contribution in [1.82, 2.24) is 0 Å². The molecule has 0 spiro atoms. The van der Waals surface area contributed by atoms with Gasteiger partial charge < -0.3 is 4.74 Å². The molecule has 4 nitrogen and oxygen atoms in total. The summed E-state index contributed by atoms with van der Waals surface area (Å²) in [7, 11) is 0. The minimum absolute atomic E-state index is 0.0870. The third-order valence-corrected chi connectivity index (χ3v) is 7.82. The maximum Gasteiger partial charge on any atom is 0.302 e. The summed E-state index contributed by atoms with van der Waals surface area (Å²) in [5.41, 5.74) is 2.60. The van der Waals surface area contributed by atoms with Crippen LogP contribution in [-0.2, 0) is 19.1 Å². The number of allylic oxidation sites excluding steroid dienone is 3. The molecule has 0 aromatic heterocycles. The van der Waals surface area contributed by atoms with Gasteiger partial charge in [0.1, 0.15) is 17.7 Å². The second-order valence-electron chi connectivity index (χ2n) is 11.0. The summed E-state index contributed by atoms with van der Waals surface area (Å²) in [5, 5.41) is 0. The van der Waals surface area contributed by atoms with Crippen molar-refractivity contribution in [2.24, 2.45) is 29.6 Å². The summed E-state index contributed by atoms with van der Waals surface area (Å²) >= 11 is 0. The number of ketones is 2. The maximum atomic E-state index is 13.4. The Morgan fingerprint density at radius 2 is 1.67 bits per heavy atom. The predicted molar refractivity (Wildman–Crippen MR) is 134 cm³/mol. The summed E-state index contributed by atoms with van der Waals surface area (Å²) in [6.07, 6.45) is 11.9. The smallest absolute Gasteiger partial charge is 0.302 e. The number of esters is 1. The fraction of sp³-hybridized carbons (Fsp3) is 0.759. The first-order valence-electron chi connectivity index (χ1n) is 13.1. The van der Waals surface area contributed by atoms with E-state index in [9.17, 15) is 14.4 Å². The van der Waals surface area contributed by atoms with E-state index in [1.807, 2.05) is 0 Å². The molecule has 0 saturated heterocycles.